The Morgan fingerprint density at radius 3 is 2.56 bits per heavy atom. The number of carbonyl (C=O) groups excluding carboxylic acids is 2. The van der Waals surface area contributed by atoms with Gasteiger partial charge in [-0.3, -0.25) is 14.5 Å². The molecule has 0 aliphatic carbocycles. The summed E-state index contributed by atoms with van der Waals surface area (Å²) in [5.74, 6) is -0.0649. The zero-order valence-corrected chi connectivity index (χ0v) is 11.9. The zero-order chi connectivity index (χ0) is 13.5. The minimum atomic E-state index is -0.843. The molecule has 1 aromatic rings. The van der Waals surface area contributed by atoms with E-state index in [9.17, 15) is 9.59 Å². The molecule has 0 spiro atoms. The van der Waals surface area contributed by atoms with E-state index < -0.39 is 11.6 Å². The Kier molecular flexibility index (Phi) is 3.19. The van der Waals surface area contributed by atoms with Gasteiger partial charge in [-0.1, -0.05) is 13.8 Å². The molecule has 0 saturated carbocycles. The molecule has 1 aromatic heterocycles. The fourth-order valence-corrected chi connectivity index (χ4v) is 2.88. The van der Waals surface area contributed by atoms with Crippen LogP contribution in [-0.4, -0.2) is 23.4 Å². The Balaban J connectivity index is 2.47. The molecule has 0 radical (unpaired) electrons. The van der Waals surface area contributed by atoms with E-state index >= 15 is 0 Å². The molecule has 0 bridgehead atoms. The lowest BCUT2D eigenvalue weighted by Gasteiger charge is -2.43. The first kappa shape index (κ1) is 13.1. The summed E-state index contributed by atoms with van der Waals surface area (Å²) in [6, 6.07) is 1.45. The molecule has 0 aromatic carbocycles. The van der Waals surface area contributed by atoms with E-state index in [0.29, 0.717) is 0 Å². The first-order valence-corrected chi connectivity index (χ1v) is 6.97. The third-order valence-corrected chi connectivity index (χ3v) is 3.82. The molecule has 1 fully saturated rings. The third-order valence-electron chi connectivity index (χ3n) is 3.15. The minimum absolute atomic E-state index is 0.0563. The highest BCUT2D eigenvalue weighted by Crippen LogP contribution is 2.30. The van der Waals surface area contributed by atoms with E-state index in [1.807, 2.05) is 30.7 Å². The summed E-state index contributed by atoms with van der Waals surface area (Å²) in [7, 11) is 0. The molecule has 1 aliphatic rings. The first-order valence-electron chi connectivity index (χ1n) is 6.02. The number of amides is 2. The number of rotatable bonds is 2. The van der Waals surface area contributed by atoms with Crippen molar-refractivity contribution in [3.8, 4) is 0 Å². The Morgan fingerprint density at radius 1 is 1.39 bits per heavy atom. The van der Waals surface area contributed by atoms with Crippen LogP contribution in [0.1, 0.15) is 27.7 Å². The first-order chi connectivity index (χ1) is 8.34. The van der Waals surface area contributed by atoms with Crippen LogP contribution in [0.15, 0.2) is 16.8 Å². The number of anilines is 1. The van der Waals surface area contributed by atoms with Gasteiger partial charge in [-0.05, 0) is 31.2 Å². The van der Waals surface area contributed by atoms with Gasteiger partial charge in [0.25, 0.3) is 5.91 Å². The highest BCUT2D eigenvalue weighted by atomic mass is 32.1. The minimum Gasteiger partial charge on any atom is -0.340 e. The van der Waals surface area contributed by atoms with E-state index in [1.165, 1.54) is 11.3 Å². The van der Waals surface area contributed by atoms with Crippen LogP contribution in [0.3, 0.4) is 0 Å². The van der Waals surface area contributed by atoms with Gasteiger partial charge >= 0.3 is 0 Å². The second-order valence-corrected chi connectivity index (χ2v) is 6.24. The van der Waals surface area contributed by atoms with Crippen molar-refractivity contribution < 1.29 is 9.59 Å². The molecule has 1 saturated heterocycles. The number of piperazine rings is 1. The summed E-state index contributed by atoms with van der Waals surface area (Å²) < 4.78 is 0. The summed E-state index contributed by atoms with van der Waals surface area (Å²) >= 11 is 1.52. The van der Waals surface area contributed by atoms with E-state index in [-0.39, 0.29) is 17.7 Å². The van der Waals surface area contributed by atoms with Gasteiger partial charge in [-0.25, -0.2) is 0 Å². The lowest BCUT2D eigenvalue weighted by Crippen LogP contribution is -2.69. The highest BCUT2D eigenvalue weighted by Gasteiger charge is 2.47. The second-order valence-electron chi connectivity index (χ2n) is 5.46. The van der Waals surface area contributed by atoms with Crippen LogP contribution in [0.25, 0.3) is 0 Å². The number of nitrogens with zero attached hydrogens (tertiary/aromatic N) is 1. The average molecular weight is 266 g/mol. The second kappa shape index (κ2) is 4.39. The zero-order valence-electron chi connectivity index (χ0n) is 11.1. The van der Waals surface area contributed by atoms with E-state index in [4.69, 9.17) is 0 Å². The summed E-state index contributed by atoms with van der Waals surface area (Å²) in [6.45, 7) is 7.39. The molecule has 2 heterocycles. The third kappa shape index (κ3) is 2.03. The molecular formula is C13H18N2O2S. The summed E-state index contributed by atoms with van der Waals surface area (Å²) in [6.07, 6.45) is 0. The fraction of sp³-hybridized carbons (Fsp3) is 0.538. The Morgan fingerprint density at radius 2 is 2.06 bits per heavy atom. The molecule has 1 unspecified atom stereocenters. The van der Waals surface area contributed by atoms with Gasteiger partial charge in [0.1, 0.15) is 11.6 Å². The molecule has 2 rings (SSSR count). The molecule has 5 heteroatoms. The van der Waals surface area contributed by atoms with Crippen LogP contribution in [0, 0.1) is 5.92 Å². The van der Waals surface area contributed by atoms with Crippen molar-refractivity contribution in [1.82, 2.24) is 5.32 Å². The van der Waals surface area contributed by atoms with E-state index in [0.717, 1.165) is 5.69 Å². The van der Waals surface area contributed by atoms with Crippen molar-refractivity contribution in [2.24, 2.45) is 5.92 Å². The van der Waals surface area contributed by atoms with Crippen LogP contribution < -0.4 is 10.2 Å². The molecule has 98 valence electrons. The SMILES string of the molecule is CC(C)C1C(=O)NC(C)(C)C(=O)N1c1ccsc1. The Bertz CT molecular complexity index is 465. The highest BCUT2D eigenvalue weighted by molar-refractivity contribution is 7.08. The maximum atomic E-state index is 12.5. The molecule has 2 amide bonds. The predicted molar refractivity (Wildman–Crippen MR) is 72.7 cm³/mol. The molecule has 1 aliphatic heterocycles. The summed E-state index contributed by atoms with van der Waals surface area (Å²) in [5.41, 5.74) is -0.0312. The number of hydrogen-bond acceptors (Lipinski definition) is 3. The normalized spacial score (nSPS) is 23.4. The maximum Gasteiger partial charge on any atom is 0.252 e. The molecule has 1 atom stereocenters. The lowest BCUT2D eigenvalue weighted by molar-refractivity contribution is -0.138. The number of carbonyl (C=O) groups is 2. The van der Waals surface area contributed by atoms with Crippen LogP contribution in [0.5, 0.6) is 0 Å². The average Bonchev–Trinajstić information content (AvgIpc) is 2.74. The topological polar surface area (TPSA) is 49.4 Å². The van der Waals surface area contributed by atoms with Crippen molar-refractivity contribution >= 4 is 28.8 Å². The molecule has 4 nitrogen and oxygen atoms in total. The van der Waals surface area contributed by atoms with Gasteiger partial charge in [-0.2, -0.15) is 11.3 Å². The number of hydrogen-bond donors (Lipinski definition) is 1. The van der Waals surface area contributed by atoms with Crippen LogP contribution in [0.4, 0.5) is 5.69 Å². The summed E-state index contributed by atoms with van der Waals surface area (Å²) in [5, 5.41) is 6.62. The molecular weight excluding hydrogens is 248 g/mol. The van der Waals surface area contributed by atoms with Crippen LogP contribution in [0.2, 0.25) is 0 Å². The van der Waals surface area contributed by atoms with Gasteiger partial charge in [-0.15, -0.1) is 0 Å². The number of thiophene rings is 1. The maximum absolute atomic E-state index is 12.5. The number of nitrogens with one attached hydrogen (secondary N) is 1. The van der Waals surface area contributed by atoms with Crippen molar-refractivity contribution in [1.29, 1.82) is 0 Å². The van der Waals surface area contributed by atoms with E-state index in [2.05, 4.69) is 5.32 Å². The standard InChI is InChI=1S/C13H18N2O2S/c1-8(2)10-11(16)14-13(3,4)12(17)15(10)9-5-6-18-7-9/h5-8,10H,1-4H3,(H,14,16). The monoisotopic (exact) mass is 266 g/mol. The van der Waals surface area contributed by atoms with Crippen LogP contribution >= 0.6 is 11.3 Å². The fourth-order valence-electron chi connectivity index (χ4n) is 2.25. The van der Waals surface area contributed by atoms with Gasteiger partial charge in [0.05, 0.1) is 5.69 Å². The quantitative estimate of drug-likeness (QED) is 0.890. The van der Waals surface area contributed by atoms with Gasteiger partial charge in [0.15, 0.2) is 0 Å². The van der Waals surface area contributed by atoms with E-state index in [1.54, 1.807) is 18.7 Å². The van der Waals surface area contributed by atoms with Gasteiger partial charge in [0.2, 0.25) is 5.91 Å². The Labute approximate surface area is 111 Å². The van der Waals surface area contributed by atoms with Gasteiger partial charge in [0, 0.05) is 5.38 Å². The predicted octanol–water partition coefficient (Wildman–Crippen LogP) is 2.01. The largest absolute Gasteiger partial charge is 0.340 e. The smallest absolute Gasteiger partial charge is 0.252 e. The Hall–Kier alpha value is -1.36. The lowest BCUT2D eigenvalue weighted by atomic mass is 9.91. The van der Waals surface area contributed by atoms with Crippen molar-refractivity contribution in [2.45, 2.75) is 39.3 Å². The van der Waals surface area contributed by atoms with Crippen LogP contribution in [-0.2, 0) is 9.59 Å². The summed E-state index contributed by atoms with van der Waals surface area (Å²) in [4.78, 5) is 26.4. The van der Waals surface area contributed by atoms with Crippen molar-refractivity contribution in [2.75, 3.05) is 4.90 Å². The molecule has 1 N–H and O–H groups in total. The van der Waals surface area contributed by atoms with Crippen molar-refractivity contribution in [3.05, 3.63) is 16.8 Å². The molecule has 18 heavy (non-hydrogen) atoms. The van der Waals surface area contributed by atoms with Gasteiger partial charge < -0.3 is 5.32 Å². The van der Waals surface area contributed by atoms with Crippen molar-refractivity contribution in [3.63, 3.8) is 0 Å².